The van der Waals surface area contributed by atoms with Gasteiger partial charge in [0.2, 0.25) is 0 Å². The number of carbonyl (C=O) groups excluding carboxylic acids is 1. The van der Waals surface area contributed by atoms with E-state index >= 15 is 0 Å². The summed E-state index contributed by atoms with van der Waals surface area (Å²) in [5.74, 6) is -0.273. The first kappa shape index (κ1) is 18.8. The Hall–Kier alpha value is -2.02. The van der Waals surface area contributed by atoms with Crippen LogP contribution < -0.4 is 4.80 Å². The van der Waals surface area contributed by atoms with Gasteiger partial charge < -0.3 is 9.30 Å². The molecule has 26 heavy (non-hydrogen) atoms. The Morgan fingerprint density at radius 2 is 2.08 bits per heavy atom. The monoisotopic (exact) mass is 430 g/mol. The van der Waals surface area contributed by atoms with Gasteiger partial charge in [-0.25, -0.2) is 0 Å². The van der Waals surface area contributed by atoms with Crippen molar-refractivity contribution in [1.29, 1.82) is 0 Å². The van der Waals surface area contributed by atoms with Gasteiger partial charge in [-0.1, -0.05) is 57.6 Å². The topological polar surface area (TPSA) is 43.6 Å². The summed E-state index contributed by atoms with van der Waals surface area (Å²) in [5, 5.41) is 0. The Bertz CT molecular complexity index is 990. The van der Waals surface area contributed by atoms with Gasteiger partial charge in [-0.3, -0.25) is 4.79 Å². The largest absolute Gasteiger partial charge is 0.380 e. The maximum atomic E-state index is 12.3. The lowest BCUT2D eigenvalue weighted by molar-refractivity contribution is -0.113. The summed E-state index contributed by atoms with van der Waals surface area (Å²) < 4.78 is 9.60. The maximum absolute atomic E-state index is 12.3. The number of hydrogen-bond donors (Lipinski definition) is 0. The van der Waals surface area contributed by atoms with Crippen LogP contribution in [0.25, 0.3) is 16.3 Å². The number of amides is 1. The lowest BCUT2D eigenvalue weighted by atomic mass is 10.2. The summed E-state index contributed by atoms with van der Waals surface area (Å²) in [6.45, 7) is 3.87. The van der Waals surface area contributed by atoms with Crippen LogP contribution in [-0.2, 0) is 16.1 Å². The molecule has 0 aliphatic rings. The second-order valence-corrected chi connectivity index (χ2v) is 7.46. The molecule has 0 fully saturated rings. The minimum absolute atomic E-state index is 0.273. The third kappa shape index (κ3) is 4.78. The number of rotatable bonds is 6. The molecule has 0 radical (unpaired) electrons. The number of thiazole rings is 1. The predicted molar refractivity (Wildman–Crippen MR) is 110 cm³/mol. The fourth-order valence-electron chi connectivity index (χ4n) is 2.51. The number of ether oxygens (including phenoxy) is 1. The number of fused-ring (bicyclic) bond motifs is 1. The standard InChI is InChI=1S/C20H19BrN2O2S/c1-2-25-13-12-23-17-10-9-16(21)14-18(17)26-20(23)22-19(24)11-8-15-6-4-3-5-7-15/h3-11,14H,2,12-13H2,1H3/b11-8+,22-20?. The molecular weight excluding hydrogens is 412 g/mol. The highest BCUT2D eigenvalue weighted by atomic mass is 79.9. The molecule has 0 atom stereocenters. The lowest BCUT2D eigenvalue weighted by Gasteiger charge is -2.05. The number of carbonyl (C=O) groups is 1. The van der Waals surface area contributed by atoms with E-state index in [-0.39, 0.29) is 5.91 Å². The van der Waals surface area contributed by atoms with Gasteiger partial charge in [0.1, 0.15) is 0 Å². The summed E-state index contributed by atoms with van der Waals surface area (Å²) in [6.07, 6.45) is 3.28. The van der Waals surface area contributed by atoms with E-state index in [9.17, 15) is 4.79 Å². The number of hydrogen-bond acceptors (Lipinski definition) is 3. The van der Waals surface area contributed by atoms with E-state index in [1.54, 1.807) is 6.08 Å². The highest BCUT2D eigenvalue weighted by Crippen LogP contribution is 2.22. The Balaban J connectivity index is 1.93. The number of benzene rings is 2. The van der Waals surface area contributed by atoms with Crippen LogP contribution in [0.4, 0.5) is 0 Å². The van der Waals surface area contributed by atoms with Crippen LogP contribution in [0.1, 0.15) is 12.5 Å². The molecule has 0 unspecified atom stereocenters. The molecule has 0 bridgehead atoms. The average Bonchev–Trinajstić information content (AvgIpc) is 2.97. The van der Waals surface area contributed by atoms with Gasteiger partial charge in [-0.05, 0) is 36.8 Å². The molecule has 3 rings (SSSR count). The third-order valence-corrected chi connectivity index (χ3v) is 5.27. The molecule has 2 aromatic carbocycles. The second-order valence-electron chi connectivity index (χ2n) is 5.54. The van der Waals surface area contributed by atoms with Crippen LogP contribution in [0.15, 0.2) is 64.1 Å². The fraction of sp³-hybridized carbons (Fsp3) is 0.200. The predicted octanol–water partition coefficient (Wildman–Crippen LogP) is 4.64. The van der Waals surface area contributed by atoms with Crippen molar-refractivity contribution in [2.75, 3.05) is 13.2 Å². The maximum Gasteiger partial charge on any atom is 0.272 e. The zero-order chi connectivity index (χ0) is 18.4. The fourth-order valence-corrected chi connectivity index (χ4v) is 4.13. The normalized spacial score (nSPS) is 12.3. The minimum atomic E-state index is -0.273. The molecule has 0 N–H and O–H groups in total. The molecule has 0 saturated heterocycles. The summed E-state index contributed by atoms with van der Waals surface area (Å²) in [6, 6.07) is 15.8. The van der Waals surface area contributed by atoms with Crippen molar-refractivity contribution in [3.05, 3.63) is 69.4 Å². The minimum Gasteiger partial charge on any atom is -0.380 e. The van der Waals surface area contributed by atoms with E-state index < -0.39 is 0 Å². The molecule has 0 spiro atoms. The number of aromatic nitrogens is 1. The Morgan fingerprint density at radius 3 is 2.85 bits per heavy atom. The van der Waals surface area contributed by atoms with E-state index in [0.717, 1.165) is 20.3 Å². The zero-order valence-corrected chi connectivity index (χ0v) is 16.8. The number of halogens is 1. The van der Waals surface area contributed by atoms with Crippen molar-refractivity contribution in [2.45, 2.75) is 13.5 Å². The molecule has 0 aliphatic carbocycles. The molecule has 1 amide bonds. The molecule has 1 aromatic heterocycles. The van der Waals surface area contributed by atoms with Gasteiger partial charge >= 0.3 is 0 Å². The highest BCUT2D eigenvalue weighted by Gasteiger charge is 2.07. The van der Waals surface area contributed by atoms with Gasteiger partial charge in [0.25, 0.3) is 5.91 Å². The van der Waals surface area contributed by atoms with Crippen LogP contribution in [0, 0.1) is 0 Å². The van der Waals surface area contributed by atoms with Gasteiger partial charge in [0, 0.05) is 23.7 Å². The first-order valence-electron chi connectivity index (χ1n) is 8.36. The smallest absolute Gasteiger partial charge is 0.272 e. The van der Waals surface area contributed by atoms with Gasteiger partial charge in [-0.15, -0.1) is 0 Å². The molecule has 0 saturated carbocycles. The van der Waals surface area contributed by atoms with E-state index in [4.69, 9.17) is 4.74 Å². The van der Waals surface area contributed by atoms with Crippen molar-refractivity contribution in [3.8, 4) is 0 Å². The van der Waals surface area contributed by atoms with Crippen LogP contribution in [0.2, 0.25) is 0 Å². The van der Waals surface area contributed by atoms with Gasteiger partial charge in [-0.2, -0.15) is 4.99 Å². The van der Waals surface area contributed by atoms with E-state index in [1.807, 2.05) is 60.0 Å². The summed E-state index contributed by atoms with van der Waals surface area (Å²) in [5.41, 5.74) is 2.03. The molecule has 1 heterocycles. The molecule has 6 heteroatoms. The molecular formula is C20H19BrN2O2S. The molecule has 3 aromatic rings. The molecule has 0 aliphatic heterocycles. The van der Waals surface area contributed by atoms with Crippen LogP contribution >= 0.6 is 27.3 Å². The average molecular weight is 431 g/mol. The van der Waals surface area contributed by atoms with E-state index in [2.05, 4.69) is 20.9 Å². The summed E-state index contributed by atoms with van der Waals surface area (Å²) in [7, 11) is 0. The lowest BCUT2D eigenvalue weighted by Crippen LogP contribution is -2.19. The van der Waals surface area contributed by atoms with E-state index in [0.29, 0.717) is 24.6 Å². The molecule has 4 nitrogen and oxygen atoms in total. The van der Waals surface area contributed by atoms with Crippen LogP contribution in [0.5, 0.6) is 0 Å². The summed E-state index contributed by atoms with van der Waals surface area (Å²) in [4.78, 5) is 17.3. The van der Waals surface area contributed by atoms with Crippen molar-refractivity contribution in [2.24, 2.45) is 4.99 Å². The summed E-state index contributed by atoms with van der Waals surface area (Å²) >= 11 is 5.00. The number of nitrogens with zero attached hydrogens (tertiary/aromatic N) is 2. The zero-order valence-electron chi connectivity index (χ0n) is 14.4. The Kier molecular flexibility index (Phi) is 6.55. The van der Waals surface area contributed by atoms with Crippen LogP contribution in [-0.4, -0.2) is 23.7 Å². The van der Waals surface area contributed by atoms with Crippen molar-refractivity contribution in [1.82, 2.24) is 4.57 Å². The molecule has 134 valence electrons. The Labute approximate surface area is 164 Å². The van der Waals surface area contributed by atoms with Gasteiger partial charge in [0.15, 0.2) is 4.80 Å². The van der Waals surface area contributed by atoms with Crippen molar-refractivity contribution in [3.63, 3.8) is 0 Å². The van der Waals surface area contributed by atoms with Crippen LogP contribution in [0.3, 0.4) is 0 Å². The van der Waals surface area contributed by atoms with E-state index in [1.165, 1.54) is 17.4 Å². The van der Waals surface area contributed by atoms with Gasteiger partial charge in [0.05, 0.1) is 16.8 Å². The first-order valence-corrected chi connectivity index (χ1v) is 9.97. The SMILES string of the molecule is CCOCCn1c(=NC(=O)/C=C/c2ccccc2)sc2cc(Br)ccc21. The highest BCUT2D eigenvalue weighted by molar-refractivity contribution is 9.10. The van der Waals surface area contributed by atoms with Crippen molar-refractivity contribution < 1.29 is 9.53 Å². The van der Waals surface area contributed by atoms with Crippen molar-refractivity contribution >= 4 is 49.5 Å². The second kappa shape index (κ2) is 9.07. The Morgan fingerprint density at radius 1 is 1.27 bits per heavy atom. The quantitative estimate of drug-likeness (QED) is 0.422. The first-order chi connectivity index (χ1) is 12.7. The third-order valence-electron chi connectivity index (χ3n) is 3.73.